The molecule has 1 saturated heterocycles. The topological polar surface area (TPSA) is 57.5 Å². The number of nitrogens with one attached hydrogen (secondary N) is 2. The van der Waals surface area contributed by atoms with Gasteiger partial charge in [0.25, 0.3) is 0 Å². The van der Waals surface area contributed by atoms with Gasteiger partial charge >= 0.3 is 0 Å². The molecule has 1 aromatic heterocycles. The van der Waals surface area contributed by atoms with E-state index in [1.165, 1.54) is 0 Å². The van der Waals surface area contributed by atoms with E-state index in [4.69, 9.17) is 4.42 Å². The van der Waals surface area contributed by atoms with Crippen LogP contribution in [0.3, 0.4) is 0 Å². The first kappa shape index (κ1) is 15.1. The van der Waals surface area contributed by atoms with Crippen molar-refractivity contribution in [2.24, 2.45) is 0 Å². The molecular weight excluding hydrogens is 254 g/mol. The third-order valence-electron chi connectivity index (χ3n) is 4.07. The van der Waals surface area contributed by atoms with Crippen LogP contribution in [0, 0.1) is 0 Å². The second kappa shape index (κ2) is 6.41. The average molecular weight is 279 g/mol. The molecule has 0 aromatic carbocycles. The van der Waals surface area contributed by atoms with Gasteiger partial charge in [0.1, 0.15) is 5.76 Å². The second-order valence-corrected chi connectivity index (χ2v) is 5.92. The van der Waals surface area contributed by atoms with Crippen LogP contribution in [0.4, 0.5) is 0 Å². The second-order valence-electron chi connectivity index (χ2n) is 5.92. The molecular formula is C15H25N3O2. The van der Waals surface area contributed by atoms with Crippen molar-refractivity contribution in [2.45, 2.75) is 37.8 Å². The van der Waals surface area contributed by atoms with Crippen LogP contribution in [-0.4, -0.2) is 43.5 Å². The van der Waals surface area contributed by atoms with Gasteiger partial charge in [-0.25, -0.2) is 0 Å². The fraction of sp³-hybridized carbons (Fsp3) is 0.667. The number of furan rings is 1. The van der Waals surface area contributed by atoms with E-state index < -0.39 is 5.54 Å². The van der Waals surface area contributed by atoms with Gasteiger partial charge in [0.2, 0.25) is 5.91 Å². The fourth-order valence-corrected chi connectivity index (χ4v) is 2.65. The molecule has 0 spiro atoms. The minimum absolute atomic E-state index is 0.0566. The molecule has 0 saturated carbocycles. The van der Waals surface area contributed by atoms with Crippen LogP contribution >= 0.6 is 0 Å². The Bertz CT molecular complexity index is 422. The van der Waals surface area contributed by atoms with Gasteiger partial charge < -0.3 is 15.1 Å². The SMILES string of the molecule is CN(C)C(CNC(=O)C1(C)CCCCN1)c1ccco1. The Morgan fingerprint density at radius 1 is 1.55 bits per heavy atom. The summed E-state index contributed by atoms with van der Waals surface area (Å²) in [6.07, 6.45) is 4.81. The lowest BCUT2D eigenvalue weighted by Gasteiger charge is -2.34. The van der Waals surface area contributed by atoms with Gasteiger partial charge in [-0.1, -0.05) is 0 Å². The number of likely N-dealkylation sites (N-methyl/N-ethyl adjacent to an activating group) is 1. The van der Waals surface area contributed by atoms with Crippen LogP contribution in [-0.2, 0) is 4.79 Å². The molecule has 5 nitrogen and oxygen atoms in total. The molecule has 1 aliphatic rings. The maximum absolute atomic E-state index is 12.4. The average Bonchev–Trinajstić information content (AvgIpc) is 2.93. The van der Waals surface area contributed by atoms with Gasteiger partial charge in [0, 0.05) is 6.54 Å². The zero-order valence-electron chi connectivity index (χ0n) is 12.6. The number of hydrogen-bond acceptors (Lipinski definition) is 4. The summed E-state index contributed by atoms with van der Waals surface area (Å²) in [7, 11) is 3.97. The van der Waals surface area contributed by atoms with Crippen LogP contribution in [0.2, 0.25) is 0 Å². The fourth-order valence-electron chi connectivity index (χ4n) is 2.65. The number of piperidine rings is 1. The third-order valence-corrected chi connectivity index (χ3v) is 4.07. The molecule has 2 rings (SSSR count). The molecule has 1 aliphatic heterocycles. The molecule has 0 radical (unpaired) electrons. The van der Waals surface area contributed by atoms with E-state index in [2.05, 4.69) is 15.5 Å². The Morgan fingerprint density at radius 3 is 2.90 bits per heavy atom. The van der Waals surface area contributed by atoms with Crippen molar-refractivity contribution in [3.63, 3.8) is 0 Å². The summed E-state index contributed by atoms with van der Waals surface area (Å²) >= 11 is 0. The minimum atomic E-state index is -0.432. The Morgan fingerprint density at radius 2 is 2.35 bits per heavy atom. The van der Waals surface area contributed by atoms with Crippen molar-refractivity contribution in [1.29, 1.82) is 0 Å². The first-order valence-electron chi connectivity index (χ1n) is 7.26. The number of carbonyl (C=O) groups is 1. The van der Waals surface area contributed by atoms with Gasteiger partial charge in [-0.15, -0.1) is 0 Å². The number of rotatable bonds is 5. The first-order chi connectivity index (χ1) is 9.53. The van der Waals surface area contributed by atoms with E-state index in [-0.39, 0.29) is 11.9 Å². The van der Waals surface area contributed by atoms with E-state index >= 15 is 0 Å². The van der Waals surface area contributed by atoms with Crippen LogP contribution in [0.25, 0.3) is 0 Å². The molecule has 2 atom stereocenters. The van der Waals surface area contributed by atoms with Gasteiger partial charge in [-0.3, -0.25) is 9.69 Å². The first-order valence-corrected chi connectivity index (χ1v) is 7.26. The zero-order valence-corrected chi connectivity index (χ0v) is 12.6. The lowest BCUT2D eigenvalue weighted by atomic mass is 9.90. The molecule has 1 amide bonds. The quantitative estimate of drug-likeness (QED) is 0.858. The van der Waals surface area contributed by atoms with Crippen LogP contribution < -0.4 is 10.6 Å². The standard InChI is InChI=1S/C15H25N3O2/c1-15(8-4-5-9-17-15)14(19)16-11-12(18(2)3)13-7-6-10-20-13/h6-7,10,12,17H,4-5,8-9,11H2,1-3H3,(H,16,19). The predicted octanol–water partition coefficient (Wildman–Crippen LogP) is 1.53. The highest BCUT2D eigenvalue weighted by molar-refractivity contribution is 5.86. The maximum atomic E-state index is 12.4. The lowest BCUT2D eigenvalue weighted by molar-refractivity contribution is -0.128. The summed E-state index contributed by atoms with van der Waals surface area (Å²) in [4.78, 5) is 14.4. The van der Waals surface area contributed by atoms with Gasteiger partial charge in [-0.05, 0) is 59.0 Å². The number of nitrogens with zero attached hydrogens (tertiary/aromatic N) is 1. The molecule has 2 N–H and O–H groups in total. The summed E-state index contributed by atoms with van der Waals surface area (Å²) in [5.74, 6) is 0.952. The van der Waals surface area contributed by atoms with Crippen molar-refractivity contribution in [1.82, 2.24) is 15.5 Å². The zero-order chi connectivity index (χ0) is 14.6. The van der Waals surface area contributed by atoms with Crippen LogP contribution in [0.1, 0.15) is 38.0 Å². The predicted molar refractivity (Wildman–Crippen MR) is 78.4 cm³/mol. The van der Waals surface area contributed by atoms with Gasteiger partial charge in [0.05, 0.1) is 17.8 Å². The van der Waals surface area contributed by atoms with E-state index in [1.54, 1.807) is 6.26 Å². The van der Waals surface area contributed by atoms with Crippen LogP contribution in [0.5, 0.6) is 0 Å². The Kier molecular flexibility index (Phi) is 4.83. The highest BCUT2D eigenvalue weighted by Gasteiger charge is 2.34. The Balaban J connectivity index is 1.94. The van der Waals surface area contributed by atoms with Gasteiger partial charge in [0.15, 0.2) is 0 Å². The largest absolute Gasteiger partial charge is 0.468 e. The molecule has 20 heavy (non-hydrogen) atoms. The van der Waals surface area contributed by atoms with Crippen molar-refractivity contribution in [3.8, 4) is 0 Å². The molecule has 2 heterocycles. The molecule has 1 aromatic rings. The smallest absolute Gasteiger partial charge is 0.240 e. The van der Waals surface area contributed by atoms with Crippen LogP contribution in [0.15, 0.2) is 22.8 Å². The summed E-state index contributed by atoms with van der Waals surface area (Å²) < 4.78 is 5.45. The Labute approximate surface area is 120 Å². The highest BCUT2D eigenvalue weighted by atomic mass is 16.3. The van der Waals surface area contributed by atoms with Crippen molar-refractivity contribution >= 4 is 5.91 Å². The normalized spacial score (nSPS) is 24.6. The Hall–Kier alpha value is -1.33. The maximum Gasteiger partial charge on any atom is 0.240 e. The number of hydrogen-bond donors (Lipinski definition) is 2. The molecule has 2 unspecified atom stereocenters. The summed E-state index contributed by atoms with van der Waals surface area (Å²) in [6.45, 7) is 3.45. The van der Waals surface area contributed by atoms with Crippen molar-refractivity contribution in [2.75, 3.05) is 27.2 Å². The van der Waals surface area contributed by atoms with E-state index in [0.29, 0.717) is 6.54 Å². The van der Waals surface area contributed by atoms with Gasteiger partial charge in [-0.2, -0.15) is 0 Å². The van der Waals surface area contributed by atoms with E-state index in [0.717, 1.165) is 31.6 Å². The lowest BCUT2D eigenvalue weighted by Crippen LogP contribution is -2.57. The van der Waals surface area contributed by atoms with Crippen molar-refractivity contribution < 1.29 is 9.21 Å². The molecule has 5 heteroatoms. The molecule has 112 valence electrons. The molecule has 0 bridgehead atoms. The highest BCUT2D eigenvalue weighted by Crippen LogP contribution is 2.21. The molecule has 0 aliphatic carbocycles. The number of carbonyl (C=O) groups excluding carboxylic acids is 1. The van der Waals surface area contributed by atoms with Crippen molar-refractivity contribution in [3.05, 3.63) is 24.2 Å². The molecule has 1 fully saturated rings. The summed E-state index contributed by atoms with van der Waals surface area (Å²) in [5.41, 5.74) is -0.432. The number of amides is 1. The van der Waals surface area contributed by atoms with E-state index in [1.807, 2.05) is 33.2 Å². The van der Waals surface area contributed by atoms with E-state index in [9.17, 15) is 4.79 Å². The summed E-state index contributed by atoms with van der Waals surface area (Å²) in [5, 5.41) is 6.39. The monoisotopic (exact) mass is 279 g/mol. The minimum Gasteiger partial charge on any atom is -0.468 e. The third kappa shape index (κ3) is 3.41. The summed E-state index contributed by atoms with van der Waals surface area (Å²) in [6, 6.07) is 3.87.